The van der Waals surface area contributed by atoms with Crippen molar-refractivity contribution in [3.63, 3.8) is 0 Å². The van der Waals surface area contributed by atoms with Gasteiger partial charge in [-0.2, -0.15) is 0 Å². The molecule has 1 saturated heterocycles. The number of nitrogens with zero attached hydrogens (tertiary/aromatic N) is 3. The first-order valence-electron chi connectivity index (χ1n) is 10.5. The summed E-state index contributed by atoms with van der Waals surface area (Å²) < 4.78 is 28.7. The van der Waals surface area contributed by atoms with Crippen molar-refractivity contribution in [3.8, 4) is 0 Å². The van der Waals surface area contributed by atoms with E-state index in [1.807, 2.05) is 47.5 Å². The van der Waals surface area contributed by atoms with Crippen LogP contribution in [-0.2, 0) is 16.9 Å². The smallest absolute Gasteiger partial charge is 0.278 e. The van der Waals surface area contributed by atoms with Crippen LogP contribution in [0, 0.1) is 0 Å². The molecule has 1 aromatic heterocycles. The number of dihydropyridines is 1. The largest absolute Gasteiger partial charge is 0.381 e. The lowest BCUT2D eigenvalue weighted by Gasteiger charge is -2.50. The lowest BCUT2D eigenvalue weighted by molar-refractivity contribution is -0.130. The number of piperidine rings is 1. The molecule has 0 radical (unpaired) electrons. The van der Waals surface area contributed by atoms with E-state index in [-0.39, 0.29) is 23.2 Å². The first-order chi connectivity index (χ1) is 14.5. The third-order valence-corrected chi connectivity index (χ3v) is 7.08. The van der Waals surface area contributed by atoms with Gasteiger partial charge in [0.2, 0.25) is 0 Å². The van der Waals surface area contributed by atoms with Crippen LogP contribution in [-0.4, -0.2) is 53.0 Å². The number of halogens is 2. The van der Waals surface area contributed by atoms with Crippen molar-refractivity contribution in [2.45, 2.75) is 37.4 Å². The number of hydrogen-bond donors (Lipinski definition) is 1. The second kappa shape index (κ2) is 7.23. The Morgan fingerprint density at radius 2 is 1.93 bits per heavy atom. The summed E-state index contributed by atoms with van der Waals surface area (Å²) in [6, 6.07) is 3.46. The molecule has 1 amide bonds. The van der Waals surface area contributed by atoms with E-state index in [1.165, 1.54) is 0 Å². The van der Waals surface area contributed by atoms with Crippen LogP contribution < -0.4 is 5.32 Å². The summed E-state index contributed by atoms with van der Waals surface area (Å²) in [5.74, 6) is 0.0460. The second-order valence-electron chi connectivity index (χ2n) is 8.43. The summed E-state index contributed by atoms with van der Waals surface area (Å²) >= 11 is 0. The quantitative estimate of drug-likeness (QED) is 0.812. The maximum atomic E-state index is 13.4. The molecule has 0 aromatic carbocycles. The van der Waals surface area contributed by atoms with E-state index in [9.17, 15) is 13.6 Å². The number of allylic oxidation sites excluding steroid dienone is 2. The lowest BCUT2D eigenvalue weighted by Crippen LogP contribution is -2.57. The Kier molecular flexibility index (Phi) is 4.65. The Morgan fingerprint density at radius 1 is 1.13 bits per heavy atom. The zero-order chi connectivity index (χ0) is 20.9. The molecule has 7 heteroatoms. The van der Waals surface area contributed by atoms with Gasteiger partial charge in [0.1, 0.15) is 0 Å². The van der Waals surface area contributed by atoms with Crippen molar-refractivity contribution in [1.82, 2.24) is 19.7 Å². The molecule has 4 aliphatic rings. The zero-order valence-corrected chi connectivity index (χ0v) is 17.0. The van der Waals surface area contributed by atoms with Gasteiger partial charge in [-0.25, -0.2) is 8.78 Å². The highest BCUT2D eigenvalue weighted by Gasteiger charge is 2.45. The number of nitrogens with one attached hydrogen (secondary N) is 1. The molecule has 1 N–H and O–H groups in total. The molecule has 5 rings (SSSR count). The van der Waals surface area contributed by atoms with Crippen LogP contribution in [0.4, 0.5) is 8.78 Å². The van der Waals surface area contributed by atoms with Gasteiger partial charge >= 0.3 is 0 Å². The van der Waals surface area contributed by atoms with Gasteiger partial charge in [0.15, 0.2) is 0 Å². The van der Waals surface area contributed by atoms with Crippen molar-refractivity contribution in [3.05, 3.63) is 71.2 Å². The van der Waals surface area contributed by atoms with Crippen molar-refractivity contribution in [1.29, 1.82) is 0 Å². The number of likely N-dealkylation sites (tertiary alicyclic amines) is 1. The maximum absolute atomic E-state index is 13.4. The van der Waals surface area contributed by atoms with Crippen LogP contribution >= 0.6 is 0 Å². The second-order valence-corrected chi connectivity index (χ2v) is 8.43. The summed E-state index contributed by atoms with van der Waals surface area (Å²) in [7, 11) is 2.07. The van der Waals surface area contributed by atoms with Crippen molar-refractivity contribution >= 4 is 5.91 Å². The number of hydrogen-bond acceptors (Lipinski definition) is 3. The molecule has 158 valence electrons. The summed E-state index contributed by atoms with van der Waals surface area (Å²) in [5, 5.41) is 3.27. The van der Waals surface area contributed by atoms with Gasteiger partial charge in [0.05, 0.1) is 17.3 Å². The van der Waals surface area contributed by atoms with Crippen LogP contribution in [0.15, 0.2) is 59.9 Å². The average molecular weight is 412 g/mol. The molecule has 4 heterocycles. The van der Waals surface area contributed by atoms with E-state index in [4.69, 9.17) is 0 Å². The molecule has 5 nitrogen and oxygen atoms in total. The predicted octanol–water partition coefficient (Wildman–Crippen LogP) is 3.10. The highest BCUT2D eigenvalue weighted by molar-refractivity contribution is 5.98. The molecular weight excluding hydrogens is 386 g/mol. The number of amides is 1. The molecule has 1 fully saturated rings. The van der Waals surface area contributed by atoms with Gasteiger partial charge < -0.3 is 14.8 Å². The third kappa shape index (κ3) is 2.87. The topological polar surface area (TPSA) is 40.5 Å². The minimum atomic E-state index is -2.47. The van der Waals surface area contributed by atoms with Crippen molar-refractivity contribution in [2.75, 3.05) is 26.7 Å². The summed E-state index contributed by atoms with van der Waals surface area (Å²) in [6.07, 6.45) is 10.7. The molecule has 1 atom stereocenters. The van der Waals surface area contributed by atoms with Gasteiger partial charge in [-0.3, -0.25) is 9.69 Å². The molecule has 30 heavy (non-hydrogen) atoms. The van der Waals surface area contributed by atoms with Crippen LogP contribution in [0.1, 0.15) is 30.7 Å². The first-order valence-corrected chi connectivity index (χ1v) is 10.5. The monoisotopic (exact) mass is 412 g/mol. The van der Waals surface area contributed by atoms with Gasteiger partial charge in [0, 0.05) is 37.4 Å². The minimum Gasteiger partial charge on any atom is -0.381 e. The van der Waals surface area contributed by atoms with Gasteiger partial charge in [0.25, 0.3) is 12.3 Å². The van der Waals surface area contributed by atoms with Crippen LogP contribution in [0.2, 0.25) is 0 Å². The number of carbonyl (C=O) groups excluding carboxylic acids is 1. The van der Waals surface area contributed by atoms with Gasteiger partial charge in [-0.1, -0.05) is 24.3 Å². The Labute approximate surface area is 175 Å². The Hall–Kier alpha value is -2.67. The summed E-state index contributed by atoms with van der Waals surface area (Å²) in [4.78, 5) is 17.5. The van der Waals surface area contributed by atoms with Crippen LogP contribution in [0.25, 0.3) is 0 Å². The number of alkyl halides is 2. The maximum Gasteiger partial charge on any atom is 0.278 e. The highest BCUT2D eigenvalue weighted by Crippen LogP contribution is 2.43. The fourth-order valence-electron chi connectivity index (χ4n) is 5.35. The van der Waals surface area contributed by atoms with E-state index in [0.717, 1.165) is 36.2 Å². The molecule has 1 aliphatic carbocycles. The fraction of sp³-hybridized carbons (Fsp3) is 0.435. The molecule has 1 aromatic rings. The van der Waals surface area contributed by atoms with Crippen molar-refractivity contribution < 1.29 is 13.6 Å². The summed E-state index contributed by atoms with van der Waals surface area (Å²) in [6.45, 7) is 2.54. The number of aromatic nitrogens is 1. The molecule has 0 saturated carbocycles. The first kappa shape index (κ1) is 19.3. The van der Waals surface area contributed by atoms with Gasteiger partial charge in [-0.05, 0) is 49.9 Å². The number of likely N-dealkylation sites (N-methyl/N-ethyl adjacent to an activating group) is 1. The van der Waals surface area contributed by atoms with E-state index < -0.39 is 6.43 Å². The molecule has 1 spiro atoms. The van der Waals surface area contributed by atoms with E-state index >= 15 is 0 Å². The van der Waals surface area contributed by atoms with E-state index in [2.05, 4.69) is 17.3 Å². The minimum absolute atomic E-state index is 0.0376. The number of rotatable bonds is 2. The molecule has 0 bridgehead atoms. The van der Waals surface area contributed by atoms with Crippen LogP contribution in [0.5, 0.6) is 0 Å². The Bertz CT molecular complexity index is 979. The zero-order valence-electron chi connectivity index (χ0n) is 17.0. The molecule has 3 aliphatic heterocycles. The third-order valence-electron chi connectivity index (χ3n) is 7.08. The number of fused-ring (bicyclic) bond motifs is 3. The van der Waals surface area contributed by atoms with Crippen LogP contribution in [0.3, 0.4) is 0 Å². The Balaban J connectivity index is 1.39. The SMILES string of the molecule is CN1CCn2c(C(F)F)ccc2C12CCN(C(=O)C1=C3C=CC=CC3NC=C1)CC2. The van der Waals surface area contributed by atoms with E-state index in [0.29, 0.717) is 19.6 Å². The summed E-state index contributed by atoms with van der Waals surface area (Å²) in [5.41, 5.74) is 2.50. The standard InChI is InChI=1S/C23H26F2N4O/c1-27-14-15-29-19(21(24)25)6-7-20(29)23(27)9-12-28(13-10-23)22(30)17-8-11-26-18-5-3-2-4-16(17)18/h2-8,11,18,21,26H,9-10,12-15H2,1H3. The predicted molar refractivity (Wildman–Crippen MR) is 111 cm³/mol. The average Bonchev–Trinajstić information content (AvgIpc) is 3.22. The highest BCUT2D eigenvalue weighted by atomic mass is 19.3. The Morgan fingerprint density at radius 3 is 2.70 bits per heavy atom. The van der Waals surface area contributed by atoms with E-state index in [1.54, 1.807) is 10.6 Å². The number of carbonyl (C=O) groups is 1. The normalized spacial score (nSPS) is 24.9. The van der Waals surface area contributed by atoms with Gasteiger partial charge in [-0.15, -0.1) is 0 Å². The lowest BCUT2D eigenvalue weighted by atomic mass is 9.81. The molecular formula is C23H26F2N4O. The fourth-order valence-corrected chi connectivity index (χ4v) is 5.35. The molecule has 1 unspecified atom stereocenters. The van der Waals surface area contributed by atoms with Crippen molar-refractivity contribution in [2.24, 2.45) is 0 Å².